The highest BCUT2D eigenvalue weighted by atomic mass is 19.1. The highest BCUT2D eigenvalue weighted by Crippen LogP contribution is 2.19. The van der Waals surface area contributed by atoms with E-state index in [1.165, 1.54) is 25.1 Å². The van der Waals surface area contributed by atoms with Gasteiger partial charge in [0.1, 0.15) is 17.7 Å². The number of benzene rings is 1. The molecule has 0 aromatic heterocycles. The smallest absolute Gasteiger partial charge is 0.152 e. The molecule has 0 spiro atoms. The summed E-state index contributed by atoms with van der Waals surface area (Å²) >= 11 is 0. The maximum atomic E-state index is 13.6. The zero-order valence-corrected chi connectivity index (χ0v) is 12.4. The van der Waals surface area contributed by atoms with Crippen molar-refractivity contribution in [3.8, 4) is 5.75 Å². The maximum absolute atomic E-state index is 13.6. The average molecular weight is 279 g/mol. The van der Waals surface area contributed by atoms with Crippen molar-refractivity contribution in [1.82, 2.24) is 5.32 Å². The van der Waals surface area contributed by atoms with E-state index in [-0.39, 0.29) is 17.7 Å². The number of allylic oxidation sites excluding steroid dienone is 1. The highest BCUT2D eigenvalue weighted by Gasteiger charge is 2.07. The number of halogens is 1. The Kier molecular flexibility index (Phi) is 6.39. The van der Waals surface area contributed by atoms with Gasteiger partial charge in [-0.25, -0.2) is 4.39 Å². The van der Waals surface area contributed by atoms with Gasteiger partial charge in [-0.1, -0.05) is 13.8 Å². The highest BCUT2D eigenvalue weighted by molar-refractivity contribution is 5.91. The number of hydrogen-bond donors (Lipinski definition) is 1. The summed E-state index contributed by atoms with van der Waals surface area (Å²) in [6.45, 7) is 8.22. The second-order valence-electron chi connectivity index (χ2n) is 5.12. The van der Waals surface area contributed by atoms with Crippen LogP contribution in [0.2, 0.25) is 0 Å². The predicted molar refractivity (Wildman–Crippen MR) is 79.3 cm³/mol. The third-order valence-electron chi connectivity index (χ3n) is 2.62. The van der Waals surface area contributed by atoms with Crippen LogP contribution in [0.5, 0.6) is 5.75 Å². The summed E-state index contributed by atoms with van der Waals surface area (Å²) in [4.78, 5) is 10.9. The summed E-state index contributed by atoms with van der Waals surface area (Å²) in [5, 5.41) is 3.27. The molecule has 0 radical (unpaired) electrons. The summed E-state index contributed by atoms with van der Waals surface area (Å²) < 4.78 is 19.3. The van der Waals surface area contributed by atoms with Crippen molar-refractivity contribution >= 4 is 11.9 Å². The number of rotatable bonds is 7. The third-order valence-corrected chi connectivity index (χ3v) is 2.62. The van der Waals surface area contributed by atoms with Crippen LogP contribution in [0, 0.1) is 5.82 Å². The van der Waals surface area contributed by atoms with Crippen molar-refractivity contribution in [3.63, 3.8) is 0 Å². The van der Waals surface area contributed by atoms with Gasteiger partial charge in [-0.3, -0.25) is 4.79 Å². The lowest BCUT2D eigenvalue weighted by Gasteiger charge is -2.17. The minimum Gasteiger partial charge on any atom is -0.489 e. The first-order valence-corrected chi connectivity index (χ1v) is 6.76. The number of hydrogen-bond acceptors (Lipinski definition) is 3. The third kappa shape index (κ3) is 5.97. The van der Waals surface area contributed by atoms with Crippen molar-refractivity contribution in [2.75, 3.05) is 6.54 Å². The van der Waals surface area contributed by atoms with Crippen LogP contribution < -0.4 is 10.1 Å². The molecule has 0 fully saturated rings. The molecule has 0 saturated heterocycles. The van der Waals surface area contributed by atoms with Crippen LogP contribution in [-0.4, -0.2) is 24.5 Å². The van der Waals surface area contributed by atoms with Gasteiger partial charge >= 0.3 is 0 Å². The van der Waals surface area contributed by atoms with E-state index in [2.05, 4.69) is 19.2 Å². The van der Waals surface area contributed by atoms with Gasteiger partial charge in [0, 0.05) is 18.2 Å². The van der Waals surface area contributed by atoms with Crippen molar-refractivity contribution in [2.45, 2.75) is 39.8 Å². The number of ether oxygens (including phenoxy) is 1. The summed E-state index contributed by atoms with van der Waals surface area (Å²) in [6, 6.07) is 4.92. The van der Waals surface area contributed by atoms with Gasteiger partial charge in [-0.15, -0.1) is 0 Å². The summed E-state index contributed by atoms with van der Waals surface area (Å²) in [6.07, 6.45) is 2.78. The van der Waals surface area contributed by atoms with Crippen LogP contribution in [0.3, 0.4) is 0 Å². The normalized spacial score (nSPS) is 12.9. The fourth-order valence-corrected chi connectivity index (χ4v) is 1.61. The maximum Gasteiger partial charge on any atom is 0.152 e. The monoisotopic (exact) mass is 279 g/mol. The lowest BCUT2D eigenvalue weighted by atomic mass is 10.1. The van der Waals surface area contributed by atoms with Gasteiger partial charge in [-0.2, -0.15) is 0 Å². The first-order valence-electron chi connectivity index (χ1n) is 6.76. The van der Waals surface area contributed by atoms with E-state index < -0.39 is 0 Å². The van der Waals surface area contributed by atoms with Crippen LogP contribution in [0.1, 0.15) is 33.3 Å². The molecule has 0 saturated carbocycles. The minimum atomic E-state index is -0.372. The number of nitrogens with one attached hydrogen (secondary N) is 1. The lowest BCUT2D eigenvalue weighted by molar-refractivity contribution is -0.112. The molecule has 1 aromatic carbocycles. The number of carbonyl (C=O) groups excluding carboxylic acids is 1. The Bertz CT molecular complexity index is 483. The fraction of sp³-hybridized carbons (Fsp3) is 0.438. The largest absolute Gasteiger partial charge is 0.489 e. The SMILES string of the molecule is CC(=O)/C=C/c1cc(O[C@H](C)CNC(C)C)ccc1F. The quantitative estimate of drug-likeness (QED) is 0.779. The molecule has 3 nitrogen and oxygen atoms in total. The Morgan fingerprint density at radius 1 is 1.40 bits per heavy atom. The first kappa shape index (κ1) is 16.4. The molecule has 0 amide bonds. The van der Waals surface area contributed by atoms with Crippen LogP contribution in [0.4, 0.5) is 4.39 Å². The predicted octanol–water partition coefficient (Wildman–Crippen LogP) is 3.19. The fourth-order valence-electron chi connectivity index (χ4n) is 1.61. The second-order valence-corrected chi connectivity index (χ2v) is 5.12. The second kappa shape index (κ2) is 7.80. The Morgan fingerprint density at radius 3 is 2.70 bits per heavy atom. The van der Waals surface area contributed by atoms with Gasteiger partial charge in [0.25, 0.3) is 0 Å². The van der Waals surface area contributed by atoms with E-state index in [0.29, 0.717) is 23.9 Å². The zero-order valence-electron chi connectivity index (χ0n) is 12.4. The molecule has 0 aliphatic rings. The van der Waals surface area contributed by atoms with E-state index in [4.69, 9.17) is 4.74 Å². The molecule has 0 aliphatic carbocycles. The van der Waals surface area contributed by atoms with Gasteiger partial charge < -0.3 is 10.1 Å². The van der Waals surface area contributed by atoms with E-state index in [1.54, 1.807) is 12.1 Å². The van der Waals surface area contributed by atoms with Crippen LogP contribution >= 0.6 is 0 Å². The lowest BCUT2D eigenvalue weighted by Crippen LogP contribution is -2.33. The summed E-state index contributed by atoms with van der Waals surface area (Å²) in [5.74, 6) is 0.0979. The Morgan fingerprint density at radius 2 is 2.10 bits per heavy atom. The molecule has 0 heterocycles. The Hall–Kier alpha value is -1.68. The zero-order chi connectivity index (χ0) is 15.1. The molecule has 1 rings (SSSR count). The van der Waals surface area contributed by atoms with E-state index in [9.17, 15) is 9.18 Å². The number of ketones is 1. The Labute approximate surface area is 119 Å². The van der Waals surface area contributed by atoms with Gasteiger partial charge in [0.15, 0.2) is 5.78 Å². The van der Waals surface area contributed by atoms with Crippen LogP contribution in [0.25, 0.3) is 6.08 Å². The van der Waals surface area contributed by atoms with Crippen molar-refractivity contribution in [2.24, 2.45) is 0 Å². The molecule has 0 aliphatic heterocycles. The average Bonchev–Trinajstić information content (AvgIpc) is 2.37. The first-order chi connectivity index (χ1) is 9.38. The molecule has 1 N–H and O–H groups in total. The van der Waals surface area contributed by atoms with Crippen LogP contribution in [0.15, 0.2) is 24.3 Å². The Balaban J connectivity index is 2.72. The van der Waals surface area contributed by atoms with Crippen molar-refractivity contribution in [1.29, 1.82) is 0 Å². The van der Waals surface area contributed by atoms with Gasteiger partial charge in [0.2, 0.25) is 0 Å². The van der Waals surface area contributed by atoms with E-state index in [1.807, 2.05) is 6.92 Å². The van der Waals surface area contributed by atoms with Gasteiger partial charge in [0.05, 0.1) is 0 Å². The van der Waals surface area contributed by atoms with Crippen molar-refractivity contribution in [3.05, 3.63) is 35.7 Å². The molecule has 0 unspecified atom stereocenters. The molecule has 1 atom stereocenters. The van der Waals surface area contributed by atoms with E-state index >= 15 is 0 Å². The molecular weight excluding hydrogens is 257 g/mol. The molecule has 1 aromatic rings. The van der Waals surface area contributed by atoms with Crippen molar-refractivity contribution < 1.29 is 13.9 Å². The molecule has 20 heavy (non-hydrogen) atoms. The standard InChI is InChI=1S/C16H22FNO2/c1-11(2)18-10-13(4)20-15-7-8-16(17)14(9-15)6-5-12(3)19/h5-9,11,13,18H,10H2,1-4H3/b6-5+/t13-/m1/s1. The topological polar surface area (TPSA) is 38.3 Å². The van der Waals surface area contributed by atoms with E-state index in [0.717, 1.165) is 0 Å². The van der Waals surface area contributed by atoms with Crippen LogP contribution in [-0.2, 0) is 4.79 Å². The number of carbonyl (C=O) groups is 1. The molecular formula is C16H22FNO2. The molecule has 0 bridgehead atoms. The molecule has 4 heteroatoms. The summed E-state index contributed by atoms with van der Waals surface area (Å²) in [7, 11) is 0. The minimum absolute atomic E-state index is 0.0208. The molecule has 110 valence electrons. The summed E-state index contributed by atoms with van der Waals surface area (Å²) in [5.41, 5.74) is 0.349. The van der Waals surface area contributed by atoms with Gasteiger partial charge in [-0.05, 0) is 44.2 Å².